The molecule has 0 radical (unpaired) electrons. The van der Waals surface area contributed by atoms with Crippen molar-refractivity contribution < 1.29 is 14.6 Å². The number of aromatic nitrogens is 3. The molecule has 0 spiro atoms. The maximum absolute atomic E-state index is 11.4. The molecule has 2 aromatic heterocycles. The van der Waals surface area contributed by atoms with Gasteiger partial charge in [0.1, 0.15) is 0 Å². The van der Waals surface area contributed by atoms with Gasteiger partial charge in [0.05, 0.1) is 22.9 Å². The van der Waals surface area contributed by atoms with Gasteiger partial charge in [0.2, 0.25) is 0 Å². The van der Waals surface area contributed by atoms with Crippen molar-refractivity contribution in [2.75, 3.05) is 6.61 Å². The van der Waals surface area contributed by atoms with Crippen molar-refractivity contribution in [3.05, 3.63) is 47.8 Å². The predicted molar refractivity (Wildman–Crippen MR) is 127 cm³/mol. The maximum atomic E-state index is 11.4. The Morgan fingerprint density at radius 1 is 1.15 bits per heavy atom. The zero-order valence-corrected chi connectivity index (χ0v) is 19.4. The molecule has 1 saturated carbocycles. The van der Waals surface area contributed by atoms with Gasteiger partial charge in [-0.2, -0.15) is 5.10 Å². The molecule has 1 aliphatic carbocycles. The third kappa shape index (κ3) is 3.99. The second-order valence-corrected chi connectivity index (χ2v) is 9.30. The molecule has 5 rings (SSSR count). The number of fused-ring (bicyclic) bond motifs is 1. The molecular formula is C26H32N4O3. The summed E-state index contributed by atoms with van der Waals surface area (Å²) in [6, 6.07) is 8.36. The van der Waals surface area contributed by atoms with Crippen LogP contribution in [0, 0.1) is 0 Å². The lowest BCUT2D eigenvalue weighted by atomic mass is 9.85. The summed E-state index contributed by atoms with van der Waals surface area (Å²) in [7, 11) is 0. The maximum Gasteiger partial charge on any atom is 0.405 e. The summed E-state index contributed by atoms with van der Waals surface area (Å²) in [5.74, 6) is 0.536. The molecule has 33 heavy (non-hydrogen) atoms. The molecule has 3 heterocycles. The lowest BCUT2D eigenvalue weighted by Gasteiger charge is -2.32. The van der Waals surface area contributed by atoms with Crippen molar-refractivity contribution in [2.45, 2.75) is 76.5 Å². The molecule has 1 aromatic carbocycles. The Bertz CT molecular complexity index is 1140. The monoisotopic (exact) mass is 448 g/mol. The van der Waals surface area contributed by atoms with E-state index in [0.29, 0.717) is 18.8 Å². The SMILES string of the molecule is CCC(CC)(NC(=O)O)c1ccc(-c2ccc3c(cnn3C3CCCCO3)c2C2CC2)nc1. The summed E-state index contributed by atoms with van der Waals surface area (Å²) in [6.45, 7) is 4.80. The van der Waals surface area contributed by atoms with Gasteiger partial charge in [-0.1, -0.05) is 26.0 Å². The number of hydrogen-bond donors (Lipinski definition) is 2. The summed E-state index contributed by atoms with van der Waals surface area (Å²) < 4.78 is 8.05. The molecule has 1 amide bonds. The van der Waals surface area contributed by atoms with Gasteiger partial charge in [-0.05, 0) is 74.1 Å². The zero-order valence-electron chi connectivity index (χ0n) is 19.4. The van der Waals surface area contributed by atoms with Crippen LogP contribution in [-0.4, -0.2) is 32.6 Å². The molecule has 0 bridgehead atoms. The smallest absolute Gasteiger partial charge is 0.405 e. The quantitative estimate of drug-likeness (QED) is 0.466. The highest BCUT2D eigenvalue weighted by Crippen LogP contribution is 2.48. The number of ether oxygens (including phenoxy) is 1. The van der Waals surface area contributed by atoms with Crippen LogP contribution in [0.4, 0.5) is 4.79 Å². The van der Waals surface area contributed by atoms with Crippen LogP contribution in [-0.2, 0) is 10.3 Å². The fourth-order valence-electron chi connectivity index (χ4n) is 5.27. The van der Waals surface area contributed by atoms with E-state index < -0.39 is 11.6 Å². The molecular weight excluding hydrogens is 416 g/mol. The Kier molecular flexibility index (Phi) is 5.83. The van der Waals surface area contributed by atoms with Crippen molar-refractivity contribution >= 4 is 17.0 Å². The lowest BCUT2D eigenvalue weighted by Crippen LogP contribution is -2.44. The average molecular weight is 449 g/mol. The van der Waals surface area contributed by atoms with E-state index in [0.717, 1.165) is 41.8 Å². The standard InChI is InChI=1S/C26H32N4O3/c1-3-26(4-2,29-25(31)32)18-10-12-21(27-15-18)19-11-13-22-20(24(19)17-8-9-17)16-28-30(22)23-7-5-6-14-33-23/h10-13,15-17,23,29H,3-9,14H2,1-2H3,(H,31,32). The predicted octanol–water partition coefficient (Wildman–Crippen LogP) is 5.96. The number of carboxylic acid groups (broad SMARTS) is 1. The zero-order chi connectivity index (χ0) is 23.0. The van der Waals surface area contributed by atoms with Crippen molar-refractivity contribution in [3.63, 3.8) is 0 Å². The van der Waals surface area contributed by atoms with Crippen LogP contribution in [0.25, 0.3) is 22.2 Å². The van der Waals surface area contributed by atoms with Crippen LogP contribution in [0.3, 0.4) is 0 Å². The van der Waals surface area contributed by atoms with E-state index in [1.807, 2.05) is 38.4 Å². The molecule has 3 aromatic rings. The highest BCUT2D eigenvalue weighted by Gasteiger charge is 2.32. The van der Waals surface area contributed by atoms with E-state index in [1.54, 1.807) is 0 Å². The first-order valence-electron chi connectivity index (χ1n) is 12.2. The van der Waals surface area contributed by atoms with Crippen LogP contribution < -0.4 is 5.32 Å². The van der Waals surface area contributed by atoms with E-state index in [9.17, 15) is 9.90 Å². The van der Waals surface area contributed by atoms with Crippen molar-refractivity contribution in [3.8, 4) is 11.3 Å². The van der Waals surface area contributed by atoms with Gasteiger partial charge in [-0.15, -0.1) is 0 Å². The molecule has 2 aliphatic rings. The number of carbonyl (C=O) groups is 1. The Labute approximate surface area is 194 Å². The van der Waals surface area contributed by atoms with Crippen LogP contribution in [0.15, 0.2) is 36.7 Å². The van der Waals surface area contributed by atoms with Gasteiger partial charge in [-0.3, -0.25) is 4.98 Å². The van der Waals surface area contributed by atoms with E-state index in [2.05, 4.69) is 22.1 Å². The highest BCUT2D eigenvalue weighted by atomic mass is 16.5. The summed E-state index contributed by atoms with van der Waals surface area (Å²) >= 11 is 0. The first-order chi connectivity index (χ1) is 16.1. The number of nitrogens with one attached hydrogen (secondary N) is 1. The van der Waals surface area contributed by atoms with E-state index in [1.165, 1.54) is 30.2 Å². The minimum atomic E-state index is -1.01. The Balaban J connectivity index is 1.53. The molecule has 1 atom stereocenters. The topological polar surface area (TPSA) is 89.3 Å². The van der Waals surface area contributed by atoms with Gasteiger partial charge in [-0.25, -0.2) is 9.48 Å². The summed E-state index contributed by atoms with van der Waals surface area (Å²) in [6.07, 6.45) is 9.83. The lowest BCUT2D eigenvalue weighted by molar-refractivity contribution is -0.0366. The Morgan fingerprint density at radius 2 is 1.97 bits per heavy atom. The number of amides is 1. The van der Waals surface area contributed by atoms with E-state index in [4.69, 9.17) is 14.8 Å². The van der Waals surface area contributed by atoms with Crippen LogP contribution in [0.1, 0.15) is 82.1 Å². The van der Waals surface area contributed by atoms with Crippen molar-refractivity contribution in [2.24, 2.45) is 0 Å². The fraction of sp³-hybridized carbons (Fsp3) is 0.500. The fourth-order valence-corrected chi connectivity index (χ4v) is 5.27. The molecule has 1 saturated heterocycles. The van der Waals surface area contributed by atoms with Gasteiger partial charge in [0, 0.05) is 23.8 Å². The van der Waals surface area contributed by atoms with Crippen LogP contribution >= 0.6 is 0 Å². The minimum absolute atomic E-state index is 0.0181. The molecule has 2 fully saturated rings. The highest BCUT2D eigenvalue weighted by molar-refractivity contribution is 5.90. The molecule has 1 unspecified atom stereocenters. The normalized spacial score (nSPS) is 19.0. The summed E-state index contributed by atoms with van der Waals surface area (Å²) in [4.78, 5) is 16.2. The van der Waals surface area contributed by atoms with Crippen molar-refractivity contribution in [1.29, 1.82) is 0 Å². The van der Waals surface area contributed by atoms with Gasteiger partial charge >= 0.3 is 6.09 Å². The number of benzene rings is 1. The number of hydrogen-bond acceptors (Lipinski definition) is 4. The average Bonchev–Trinajstić information content (AvgIpc) is 3.60. The van der Waals surface area contributed by atoms with E-state index in [-0.39, 0.29) is 6.23 Å². The molecule has 1 aliphatic heterocycles. The minimum Gasteiger partial charge on any atom is -0.465 e. The third-order valence-electron chi connectivity index (χ3n) is 7.38. The number of nitrogens with zero attached hydrogens (tertiary/aromatic N) is 3. The Hall–Kier alpha value is -2.93. The second kappa shape index (κ2) is 8.78. The first kappa shape index (κ1) is 21.9. The number of pyridine rings is 1. The van der Waals surface area contributed by atoms with Crippen LogP contribution in [0.2, 0.25) is 0 Å². The van der Waals surface area contributed by atoms with Gasteiger partial charge in [0.15, 0.2) is 6.23 Å². The van der Waals surface area contributed by atoms with Gasteiger partial charge < -0.3 is 15.2 Å². The molecule has 174 valence electrons. The third-order valence-corrected chi connectivity index (χ3v) is 7.38. The largest absolute Gasteiger partial charge is 0.465 e. The number of rotatable bonds is 7. The molecule has 7 nitrogen and oxygen atoms in total. The van der Waals surface area contributed by atoms with Crippen molar-refractivity contribution in [1.82, 2.24) is 20.1 Å². The summed E-state index contributed by atoms with van der Waals surface area (Å²) in [5.41, 5.74) is 4.80. The second-order valence-electron chi connectivity index (χ2n) is 9.30. The Morgan fingerprint density at radius 3 is 2.58 bits per heavy atom. The van der Waals surface area contributed by atoms with E-state index >= 15 is 0 Å². The molecule has 2 N–H and O–H groups in total. The summed E-state index contributed by atoms with van der Waals surface area (Å²) in [5, 5.41) is 18.0. The van der Waals surface area contributed by atoms with Crippen LogP contribution in [0.5, 0.6) is 0 Å². The first-order valence-corrected chi connectivity index (χ1v) is 12.2. The molecule has 7 heteroatoms. The van der Waals surface area contributed by atoms with Gasteiger partial charge in [0.25, 0.3) is 0 Å².